The second-order valence-corrected chi connectivity index (χ2v) is 4.55. The Labute approximate surface area is 103 Å². The zero-order valence-electron chi connectivity index (χ0n) is 10.7. The zero-order valence-corrected chi connectivity index (χ0v) is 10.7. The molecule has 0 fully saturated rings. The Kier molecular flexibility index (Phi) is 4.08. The van der Waals surface area contributed by atoms with Crippen molar-refractivity contribution >= 4 is 10.9 Å². The van der Waals surface area contributed by atoms with E-state index in [2.05, 4.69) is 42.0 Å². The van der Waals surface area contributed by atoms with Gasteiger partial charge in [0.25, 0.3) is 0 Å². The predicted molar refractivity (Wildman–Crippen MR) is 72.1 cm³/mol. The van der Waals surface area contributed by atoms with E-state index in [0.717, 1.165) is 5.52 Å². The highest BCUT2D eigenvalue weighted by molar-refractivity contribution is 5.80. The van der Waals surface area contributed by atoms with Crippen molar-refractivity contribution in [2.75, 3.05) is 0 Å². The van der Waals surface area contributed by atoms with Crippen LogP contribution in [0.15, 0.2) is 30.6 Å². The second-order valence-electron chi connectivity index (χ2n) is 4.55. The van der Waals surface area contributed by atoms with Crippen LogP contribution in [-0.4, -0.2) is 9.97 Å². The minimum Gasteiger partial charge on any atom is -0.240 e. The zero-order chi connectivity index (χ0) is 12.1. The van der Waals surface area contributed by atoms with Gasteiger partial charge in [0, 0.05) is 11.3 Å². The van der Waals surface area contributed by atoms with Crippen LogP contribution in [0.1, 0.15) is 51.1 Å². The molecule has 0 aliphatic carbocycles. The predicted octanol–water partition coefficient (Wildman–Crippen LogP) is 4.31. The molecule has 0 radical (unpaired) electrons. The second kappa shape index (κ2) is 5.76. The summed E-state index contributed by atoms with van der Waals surface area (Å²) in [6.07, 6.45) is 6.56. The van der Waals surface area contributed by atoms with E-state index in [0.29, 0.717) is 5.92 Å². The first-order valence-corrected chi connectivity index (χ1v) is 6.56. The van der Waals surface area contributed by atoms with Gasteiger partial charge in [-0.3, -0.25) is 0 Å². The molecule has 2 heteroatoms. The van der Waals surface area contributed by atoms with Gasteiger partial charge in [-0.2, -0.15) is 0 Å². The maximum atomic E-state index is 4.53. The third-order valence-electron chi connectivity index (χ3n) is 3.23. The smallest absolute Gasteiger partial charge is 0.116 e. The average Bonchev–Trinajstić information content (AvgIpc) is 2.38. The largest absolute Gasteiger partial charge is 0.240 e. The van der Waals surface area contributed by atoms with Gasteiger partial charge in [-0.25, -0.2) is 9.97 Å². The van der Waals surface area contributed by atoms with Crippen LogP contribution in [0.2, 0.25) is 0 Å². The summed E-state index contributed by atoms with van der Waals surface area (Å²) in [5.41, 5.74) is 2.30. The number of hydrogen-bond acceptors (Lipinski definition) is 2. The Hall–Kier alpha value is -1.44. The average molecular weight is 228 g/mol. The van der Waals surface area contributed by atoms with E-state index in [4.69, 9.17) is 0 Å². The van der Waals surface area contributed by atoms with Crippen molar-refractivity contribution in [3.05, 3.63) is 36.3 Å². The summed E-state index contributed by atoms with van der Waals surface area (Å²) in [5, 5.41) is 1.22. The molecular weight excluding hydrogens is 208 g/mol. The lowest BCUT2D eigenvalue weighted by molar-refractivity contribution is 0.551. The first kappa shape index (κ1) is 12.0. The van der Waals surface area contributed by atoms with Gasteiger partial charge < -0.3 is 0 Å². The standard InChI is InChI=1S/C15H20N2/c1-3-7-12(8-4-2)15-13-9-5-6-10-14(13)16-11-17-15/h5-6,9-12H,3-4,7-8H2,1-2H3. The minimum atomic E-state index is 0.581. The molecule has 0 aliphatic rings. The van der Waals surface area contributed by atoms with Gasteiger partial charge in [0.2, 0.25) is 0 Å². The van der Waals surface area contributed by atoms with E-state index in [9.17, 15) is 0 Å². The molecule has 2 rings (SSSR count). The maximum Gasteiger partial charge on any atom is 0.116 e. The summed E-state index contributed by atoms with van der Waals surface area (Å²) in [6, 6.07) is 8.32. The van der Waals surface area contributed by atoms with E-state index in [-0.39, 0.29) is 0 Å². The molecule has 0 aliphatic heterocycles. The Bertz CT molecular complexity index is 468. The van der Waals surface area contributed by atoms with Crippen LogP contribution in [0.25, 0.3) is 10.9 Å². The summed E-state index contributed by atoms with van der Waals surface area (Å²) in [7, 11) is 0. The first-order chi connectivity index (χ1) is 8.36. The molecule has 0 amide bonds. The molecule has 1 heterocycles. The van der Waals surface area contributed by atoms with Crippen LogP contribution >= 0.6 is 0 Å². The molecule has 0 unspecified atom stereocenters. The van der Waals surface area contributed by atoms with E-state index in [1.807, 2.05) is 6.07 Å². The van der Waals surface area contributed by atoms with Crippen molar-refractivity contribution in [2.24, 2.45) is 0 Å². The van der Waals surface area contributed by atoms with E-state index in [1.54, 1.807) is 6.33 Å². The van der Waals surface area contributed by atoms with Crippen LogP contribution < -0.4 is 0 Å². The summed E-state index contributed by atoms with van der Waals surface area (Å²) in [5.74, 6) is 0.581. The maximum absolute atomic E-state index is 4.53. The summed E-state index contributed by atoms with van der Waals surface area (Å²) < 4.78 is 0. The highest BCUT2D eigenvalue weighted by Gasteiger charge is 2.14. The number of aromatic nitrogens is 2. The number of nitrogens with zero attached hydrogens (tertiary/aromatic N) is 2. The fraction of sp³-hybridized carbons (Fsp3) is 0.467. The van der Waals surface area contributed by atoms with Crippen LogP contribution in [0.3, 0.4) is 0 Å². The molecular formula is C15H20N2. The van der Waals surface area contributed by atoms with E-state index >= 15 is 0 Å². The molecule has 0 saturated heterocycles. The van der Waals surface area contributed by atoms with Gasteiger partial charge in [0.15, 0.2) is 0 Å². The number of benzene rings is 1. The van der Waals surface area contributed by atoms with Crippen molar-refractivity contribution in [2.45, 2.75) is 45.4 Å². The highest BCUT2D eigenvalue weighted by Crippen LogP contribution is 2.29. The number of rotatable bonds is 5. The summed E-state index contributed by atoms with van der Waals surface area (Å²) in [6.45, 7) is 4.48. The van der Waals surface area contributed by atoms with Gasteiger partial charge in [-0.1, -0.05) is 44.9 Å². The lowest BCUT2D eigenvalue weighted by Gasteiger charge is -2.16. The van der Waals surface area contributed by atoms with Crippen LogP contribution in [-0.2, 0) is 0 Å². The molecule has 90 valence electrons. The van der Waals surface area contributed by atoms with Crippen molar-refractivity contribution in [3.8, 4) is 0 Å². The third kappa shape index (κ3) is 2.63. The van der Waals surface area contributed by atoms with E-state index in [1.165, 1.54) is 36.8 Å². The highest BCUT2D eigenvalue weighted by atomic mass is 14.8. The van der Waals surface area contributed by atoms with Crippen LogP contribution in [0.4, 0.5) is 0 Å². The lowest BCUT2D eigenvalue weighted by Crippen LogP contribution is -2.03. The van der Waals surface area contributed by atoms with Crippen molar-refractivity contribution in [1.82, 2.24) is 9.97 Å². The molecule has 2 nitrogen and oxygen atoms in total. The monoisotopic (exact) mass is 228 g/mol. The molecule has 0 atom stereocenters. The third-order valence-corrected chi connectivity index (χ3v) is 3.23. The molecule has 1 aromatic heterocycles. The fourth-order valence-corrected chi connectivity index (χ4v) is 2.47. The Morgan fingerprint density at radius 3 is 2.41 bits per heavy atom. The SMILES string of the molecule is CCCC(CCC)c1ncnc2ccccc12. The summed E-state index contributed by atoms with van der Waals surface area (Å²) >= 11 is 0. The van der Waals surface area contributed by atoms with Crippen molar-refractivity contribution in [3.63, 3.8) is 0 Å². The Morgan fingerprint density at radius 1 is 1.00 bits per heavy atom. The molecule has 1 aromatic carbocycles. The molecule has 0 saturated carbocycles. The van der Waals surface area contributed by atoms with Crippen molar-refractivity contribution < 1.29 is 0 Å². The quantitative estimate of drug-likeness (QED) is 0.762. The van der Waals surface area contributed by atoms with Gasteiger partial charge in [-0.05, 0) is 18.9 Å². The fourth-order valence-electron chi connectivity index (χ4n) is 2.47. The number of para-hydroxylation sites is 1. The molecule has 0 spiro atoms. The van der Waals surface area contributed by atoms with Gasteiger partial charge in [0.1, 0.15) is 6.33 Å². The topological polar surface area (TPSA) is 25.8 Å². The minimum absolute atomic E-state index is 0.581. The van der Waals surface area contributed by atoms with E-state index < -0.39 is 0 Å². The van der Waals surface area contributed by atoms with Crippen molar-refractivity contribution in [1.29, 1.82) is 0 Å². The number of hydrogen-bond donors (Lipinski definition) is 0. The van der Waals surface area contributed by atoms with Crippen LogP contribution in [0, 0.1) is 0 Å². The Morgan fingerprint density at radius 2 is 1.71 bits per heavy atom. The van der Waals surface area contributed by atoms with Crippen LogP contribution in [0.5, 0.6) is 0 Å². The number of fused-ring (bicyclic) bond motifs is 1. The molecule has 0 bridgehead atoms. The van der Waals surface area contributed by atoms with Gasteiger partial charge in [0.05, 0.1) is 11.2 Å². The molecule has 17 heavy (non-hydrogen) atoms. The first-order valence-electron chi connectivity index (χ1n) is 6.56. The summed E-state index contributed by atoms with van der Waals surface area (Å²) in [4.78, 5) is 8.87. The Balaban J connectivity index is 2.44. The molecule has 2 aromatic rings. The van der Waals surface area contributed by atoms with Gasteiger partial charge in [-0.15, -0.1) is 0 Å². The normalized spacial score (nSPS) is 11.2. The lowest BCUT2D eigenvalue weighted by atomic mass is 9.92. The van der Waals surface area contributed by atoms with Gasteiger partial charge >= 0.3 is 0 Å². The molecule has 0 N–H and O–H groups in total.